The number of methoxy groups -OCH3 is 1. The summed E-state index contributed by atoms with van der Waals surface area (Å²) in [7, 11) is 1.54. The summed E-state index contributed by atoms with van der Waals surface area (Å²) in [5.41, 5.74) is 0.972. The van der Waals surface area contributed by atoms with E-state index in [1.807, 2.05) is 42.5 Å². The van der Waals surface area contributed by atoms with Crippen LogP contribution in [0.2, 0.25) is 0 Å². The SMILES string of the molecule is COc1ccc(Br)cc1C1(C(=O)N[C@H](C(=O)N[C@@H](CC(=O)O)C(=O)CSCc2ccccc2)C(C)C)CC1. The molecular weight excluding hydrogens is 572 g/mol. The van der Waals surface area contributed by atoms with E-state index in [1.54, 1.807) is 27.0 Å². The molecule has 0 radical (unpaired) electrons. The number of carbonyl (C=O) groups is 4. The zero-order valence-electron chi connectivity index (χ0n) is 21.7. The van der Waals surface area contributed by atoms with E-state index in [1.165, 1.54) is 11.8 Å². The molecule has 2 atom stereocenters. The molecule has 0 aromatic heterocycles. The quantitative estimate of drug-likeness (QED) is 0.297. The van der Waals surface area contributed by atoms with Crippen LogP contribution in [-0.4, -0.2) is 53.6 Å². The Labute approximate surface area is 235 Å². The fourth-order valence-electron chi connectivity index (χ4n) is 4.24. The number of carboxylic acids is 1. The van der Waals surface area contributed by atoms with Gasteiger partial charge < -0.3 is 20.5 Å². The summed E-state index contributed by atoms with van der Waals surface area (Å²) < 4.78 is 6.29. The van der Waals surface area contributed by atoms with Gasteiger partial charge in [-0.1, -0.05) is 60.1 Å². The fourth-order valence-corrected chi connectivity index (χ4v) is 5.53. The summed E-state index contributed by atoms with van der Waals surface area (Å²) in [6.07, 6.45) is 0.683. The van der Waals surface area contributed by atoms with Gasteiger partial charge in [-0.2, -0.15) is 0 Å². The van der Waals surface area contributed by atoms with Gasteiger partial charge >= 0.3 is 5.97 Å². The van der Waals surface area contributed by atoms with Gasteiger partial charge in [0.05, 0.1) is 30.7 Å². The van der Waals surface area contributed by atoms with Crippen molar-refractivity contribution < 1.29 is 29.0 Å². The second-order valence-electron chi connectivity index (χ2n) is 9.73. The Morgan fingerprint density at radius 3 is 2.34 bits per heavy atom. The normalized spacial score (nSPS) is 15.3. The maximum atomic E-state index is 13.5. The molecular formula is C28H33BrN2O6S. The lowest BCUT2D eigenvalue weighted by Crippen LogP contribution is -2.55. The van der Waals surface area contributed by atoms with Crippen molar-refractivity contribution in [3.63, 3.8) is 0 Å². The van der Waals surface area contributed by atoms with E-state index in [4.69, 9.17) is 4.74 Å². The zero-order chi connectivity index (χ0) is 27.9. The first kappa shape index (κ1) is 29.7. The lowest BCUT2D eigenvalue weighted by atomic mass is 9.92. The molecule has 10 heteroatoms. The van der Waals surface area contributed by atoms with E-state index in [9.17, 15) is 24.3 Å². The third kappa shape index (κ3) is 7.60. The minimum Gasteiger partial charge on any atom is -0.496 e. The van der Waals surface area contributed by atoms with E-state index in [0.29, 0.717) is 24.3 Å². The van der Waals surface area contributed by atoms with Crippen LogP contribution in [-0.2, 0) is 30.3 Å². The van der Waals surface area contributed by atoms with Crippen molar-refractivity contribution in [2.75, 3.05) is 12.9 Å². The van der Waals surface area contributed by atoms with E-state index in [2.05, 4.69) is 26.6 Å². The molecule has 0 unspecified atom stereocenters. The second kappa shape index (κ2) is 13.3. The predicted octanol–water partition coefficient (Wildman–Crippen LogP) is 4.09. The van der Waals surface area contributed by atoms with Gasteiger partial charge in [-0.15, -0.1) is 11.8 Å². The molecule has 0 bridgehead atoms. The first-order chi connectivity index (χ1) is 18.1. The molecule has 0 spiro atoms. The molecule has 8 nitrogen and oxygen atoms in total. The number of Topliss-reactive ketones (excluding diaryl/α,β-unsaturated/α-hetero) is 1. The van der Waals surface area contributed by atoms with Crippen LogP contribution in [0.3, 0.4) is 0 Å². The Balaban J connectivity index is 1.69. The highest BCUT2D eigenvalue weighted by Gasteiger charge is 2.53. The Bertz CT molecular complexity index is 1170. The van der Waals surface area contributed by atoms with Crippen LogP contribution in [0, 0.1) is 5.92 Å². The molecule has 2 aromatic rings. The van der Waals surface area contributed by atoms with Gasteiger partial charge in [0.15, 0.2) is 5.78 Å². The molecule has 0 aliphatic heterocycles. The van der Waals surface area contributed by atoms with Crippen LogP contribution >= 0.6 is 27.7 Å². The number of amides is 2. The van der Waals surface area contributed by atoms with Gasteiger partial charge in [0.25, 0.3) is 0 Å². The summed E-state index contributed by atoms with van der Waals surface area (Å²) in [5.74, 6) is -1.53. The maximum absolute atomic E-state index is 13.5. The van der Waals surface area contributed by atoms with Crippen molar-refractivity contribution in [3.8, 4) is 5.75 Å². The molecule has 2 amide bonds. The number of hydrogen-bond acceptors (Lipinski definition) is 6. The highest BCUT2D eigenvalue weighted by molar-refractivity contribution is 9.10. The summed E-state index contributed by atoms with van der Waals surface area (Å²) >= 11 is 4.81. The summed E-state index contributed by atoms with van der Waals surface area (Å²) in [4.78, 5) is 51.1. The highest BCUT2D eigenvalue weighted by Crippen LogP contribution is 2.52. The number of ketones is 1. The first-order valence-electron chi connectivity index (χ1n) is 12.4. The van der Waals surface area contributed by atoms with Crippen LogP contribution in [0.25, 0.3) is 0 Å². The summed E-state index contributed by atoms with van der Waals surface area (Å²) in [6.45, 7) is 3.57. The Kier molecular flexibility index (Phi) is 10.4. The number of carbonyl (C=O) groups excluding carboxylic acids is 3. The summed E-state index contributed by atoms with van der Waals surface area (Å²) in [6, 6.07) is 12.9. The molecule has 0 heterocycles. The Hall–Kier alpha value is -2.85. The molecule has 204 valence electrons. The van der Waals surface area contributed by atoms with Crippen molar-refractivity contribution in [2.24, 2.45) is 5.92 Å². The minimum absolute atomic E-state index is 0.0532. The average Bonchev–Trinajstić information content (AvgIpc) is 3.69. The molecule has 1 saturated carbocycles. The highest BCUT2D eigenvalue weighted by atomic mass is 79.9. The Morgan fingerprint density at radius 2 is 1.76 bits per heavy atom. The monoisotopic (exact) mass is 604 g/mol. The molecule has 2 aromatic carbocycles. The number of thioether (sulfide) groups is 1. The minimum atomic E-state index is -1.19. The third-order valence-electron chi connectivity index (χ3n) is 6.54. The van der Waals surface area contributed by atoms with Gasteiger partial charge in [-0.25, -0.2) is 0 Å². The smallest absolute Gasteiger partial charge is 0.305 e. The number of benzene rings is 2. The van der Waals surface area contributed by atoms with Crippen LogP contribution < -0.4 is 15.4 Å². The predicted molar refractivity (Wildman–Crippen MR) is 150 cm³/mol. The van der Waals surface area contributed by atoms with Gasteiger partial charge in [0, 0.05) is 15.8 Å². The topological polar surface area (TPSA) is 122 Å². The van der Waals surface area contributed by atoms with Crippen LogP contribution in [0.4, 0.5) is 0 Å². The Morgan fingerprint density at radius 1 is 1.08 bits per heavy atom. The van der Waals surface area contributed by atoms with Gasteiger partial charge in [0.1, 0.15) is 11.8 Å². The number of halogens is 1. The second-order valence-corrected chi connectivity index (χ2v) is 11.6. The van der Waals surface area contributed by atoms with Gasteiger partial charge in [0.2, 0.25) is 11.8 Å². The van der Waals surface area contributed by atoms with Crippen molar-refractivity contribution in [1.29, 1.82) is 0 Å². The summed E-state index contributed by atoms with van der Waals surface area (Å²) in [5, 5.41) is 14.8. The van der Waals surface area contributed by atoms with E-state index >= 15 is 0 Å². The lowest BCUT2D eigenvalue weighted by Gasteiger charge is -2.27. The molecule has 3 rings (SSSR count). The van der Waals surface area contributed by atoms with E-state index in [0.717, 1.165) is 15.6 Å². The molecule has 3 N–H and O–H groups in total. The molecule has 1 fully saturated rings. The standard InChI is InChI=1S/C28H33BrN2O6S/c1-17(2)25(31-27(36)28(11-12-28)20-13-19(29)9-10-23(20)37-3)26(35)30-21(14-24(33)34)22(32)16-38-15-18-7-5-4-6-8-18/h4-10,13,17,21,25H,11-12,14-16H2,1-3H3,(H,30,35)(H,31,36)(H,33,34)/t21-,25-/m0/s1. The van der Waals surface area contributed by atoms with Crippen molar-refractivity contribution in [1.82, 2.24) is 10.6 Å². The van der Waals surface area contributed by atoms with Gasteiger partial charge in [-0.05, 0) is 42.5 Å². The average molecular weight is 606 g/mol. The third-order valence-corrected chi connectivity index (χ3v) is 8.06. The zero-order valence-corrected chi connectivity index (χ0v) is 24.1. The number of aliphatic carboxylic acids is 1. The van der Waals surface area contributed by atoms with Crippen LogP contribution in [0.15, 0.2) is 53.0 Å². The number of nitrogens with one attached hydrogen (secondary N) is 2. The molecule has 1 aliphatic rings. The number of ether oxygens (including phenoxy) is 1. The van der Waals surface area contributed by atoms with E-state index < -0.39 is 35.8 Å². The largest absolute Gasteiger partial charge is 0.496 e. The number of carboxylic acid groups (broad SMARTS) is 1. The first-order valence-corrected chi connectivity index (χ1v) is 14.3. The fraction of sp³-hybridized carbons (Fsp3) is 0.429. The number of rotatable bonds is 14. The van der Waals surface area contributed by atoms with Crippen LogP contribution in [0.1, 0.15) is 44.2 Å². The van der Waals surface area contributed by atoms with Crippen molar-refractivity contribution in [2.45, 2.75) is 56.4 Å². The number of hydrogen-bond donors (Lipinski definition) is 3. The lowest BCUT2D eigenvalue weighted by molar-refractivity contribution is -0.140. The molecule has 1 aliphatic carbocycles. The molecule has 0 saturated heterocycles. The molecule has 38 heavy (non-hydrogen) atoms. The van der Waals surface area contributed by atoms with Crippen LogP contribution in [0.5, 0.6) is 5.75 Å². The van der Waals surface area contributed by atoms with Gasteiger partial charge in [-0.3, -0.25) is 19.2 Å². The van der Waals surface area contributed by atoms with Crippen molar-refractivity contribution >= 4 is 51.3 Å². The van der Waals surface area contributed by atoms with E-state index in [-0.39, 0.29) is 23.4 Å². The van der Waals surface area contributed by atoms with Crippen molar-refractivity contribution in [3.05, 3.63) is 64.1 Å². The maximum Gasteiger partial charge on any atom is 0.305 e.